The van der Waals surface area contributed by atoms with Gasteiger partial charge in [-0.1, -0.05) is 24.3 Å². The van der Waals surface area contributed by atoms with Gasteiger partial charge in [0.05, 0.1) is 6.61 Å². The number of nitrogens with zero attached hydrogens (tertiary/aromatic N) is 5. The van der Waals surface area contributed by atoms with Gasteiger partial charge in [0, 0.05) is 11.1 Å². The zero-order chi connectivity index (χ0) is 21.1. The van der Waals surface area contributed by atoms with Crippen molar-refractivity contribution < 1.29 is 18.6 Å². The Kier molecular flexibility index (Phi) is 5.19. The minimum absolute atomic E-state index is 0.237. The minimum atomic E-state index is -0.950. The predicted octanol–water partition coefficient (Wildman–Crippen LogP) is 2.98. The maximum absolute atomic E-state index is 6.42. The van der Waals surface area contributed by atoms with Crippen molar-refractivity contribution in [1.82, 2.24) is 25.0 Å². The number of hydrogen-bond donors (Lipinski definition) is 0. The Morgan fingerprint density at radius 2 is 2.03 bits per heavy atom. The molecule has 158 valence electrons. The molecule has 1 fully saturated rings. The van der Waals surface area contributed by atoms with Gasteiger partial charge in [-0.15, -0.1) is 10.2 Å². The fourth-order valence-corrected chi connectivity index (χ4v) is 3.67. The first kappa shape index (κ1) is 19.4. The third kappa shape index (κ3) is 4.05. The van der Waals surface area contributed by atoms with Crippen LogP contribution in [0, 0.1) is 6.92 Å². The topological polar surface area (TPSA) is 97.3 Å². The Labute approximate surface area is 178 Å². The van der Waals surface area contributed by atoms with Crippen LogP contribution in [0.2, 0.25) is 0 Å². The first-order chi connectivity index (χ1) is 15.2. The quantitative estimate of drug-likeness (QED) is 0.451. The van der Waals surface area contributed by atoms with Gasteiger partial charge in [0.1, 0.15) is 37.7 Å². The van der Waals surface area contributed by atoms with E-state index in [0.717, 1.165) is 22.4 Å². The molecule has 0 N–H and O–H groups in total. The fraction of sp³-hybridized carbons (Fsp3) is 0.273. The van der Waals surface area contributed by atoms with Gasteiger partial charge in [-0.25, -0.2) is 9.67 Å². The van der Waals surface area contributed by atoms with Gasteiger partial charge in [-0.2, -0.15) is 5.10 Å². The van der Waals surface area contributed by atoms with E-state index in [1.165, 1.54) is 12.7 Å². The Morgan fingerprint density at radius 3 is 2.77 bits per heavy atom. The maximum Gasteiger partial charge on any atom is 0.247 e. The lowest BCUT2D eigenvalue weighted by molar-refractivity contribution is -0.191. The fourth-order valence-electron chi connectivity index (χ4n) is 3.67. The van der Waals surface area contributed by atoms with Gasteiger partial charge < -0.3 is 18.6 Å². The summed E-state index contributed by atoms with van der Waals surface area (Å²) in [5.74, 6) is 0.237. The Balaban J connectivity index is 1.29. The molecule has 2 aromatic heterocycles. The normalized spacial score (nSPS) is 20.7. The van der Waals surface area contributed by atoms with Crippen LogP contribution in [0.25, 0.3) is 11.5 Å². The molecule has 4 aromatic rings. The van der Waals surface area contributed by atoms with Crippen LogP contribution in [0.3, 0.4) is 0 Å². The smallest absolute Gasteiger partial charge is 0.247 e. The molecule has 0 saturated carbocycles. The highest BCUT2D eigenvalue weighted by Gasteiger charge is 2.45. The second-order valence-corrected chi connectivity index (χ2v) is 7.29. The summed E-state index contributed by atoms with van der Waals surface area (Å²) in [4.78, 5) is 4.03. The first-order valence-corrected chi connectivity index (χ1v) is 9.91. The molecule has 31 heavy (non-hydrogen) atoms. The van der Waals surface area contributed by atoms with Crippen LogP contribution in [-0.2, 0) is 21.8 Å². The second kappa shape index (κ2) is 8.29. The van der Waals surface area contributed by atoms with Crippen LogP contribution in [0.1, 0.15) is 11.1 Å². The molecule has 1 saturated heterocycles. The summed E-state index contributed by atoms with van der Waals surface area (Å²) in [7, 11) is 0. The summed E-state index contributed by atoms with van der Waals surface area (Å²) in [5.41, 5.74) is 2.88. The summed E-state index contributed by atoms with van der Waals surface area (Å²) in [6, 6.07) is 15.5. The Morgan fingerprint density at radius 1 is 1.16 bits per heavy atom. The molecule has 0 amide bonds. The van der Waals surface area contributed by atoms with Crippen molar-refractivity contribution in [3.05, 3.63) is 78.7 Å². The van der Waals surface area contributed by atoms with E-state index in [4.69, 9.17) is 18.6 Å². The average Bonchev–Trinajstić information content (AvgIpc) is 3.56. The van der Waals surface area contributed by atoms with E-state index in [1.54, 1.807) is 11.0 Å². The van der Waals surface area contributed by atoms with Crippen LogP contribution < -0.4 is 4.74 Å². The second-order valence-electron chi connectivity index (χ2n) is 7.29. The van der Waals surface area contributed by atoms with Crippen molar-refractivity contribution in [2.75, 3.05) is 13.2 Å². The van der Waals surface area contributed by atoms with E-state index in [9.17, 15) is 0 Å². The lowest BCUT2D eigenvalue weighted by Crippen LogP contribution is -2.35. The molecule has 0 bridgehead atoms. The van der Waals surface area contributed by atoms with Crippen molar-refractivity contribution in [3.8, 4) is 17.2 Å². The number of aryl methyl sites for hydroxylation is 1. The SMILES string of the molecule is Cc1ccccc1C1(Cn2cncn2)OCC(COc2ccc(-c3nnco3)cc2)O1. The number of hydrogen-bond acceptors (Lipinski definition) is 8. The number of ether oxygens (including phenoxy) is 3. The highest BCUT2D eigenvalue weighted by molar-refractivity contribution is 5.53. The molecule has 5 rings (SSSR count). The van der Waals surface area contributed by atoms with E-state index in [0.29, 0.717) is 25.6 Å². The molecule has 2 atom stereocenters. The molecule has 0 radical (unpaired) electrons. The van der Waals surface area contributed by atoms with Crippen molar-refractivity contribution in [2.24, 2.45) is 0 Å². The van der Waals surface area contributed by atoms with Gasteiger partial charge in [-0.05, 0) is 36.8 Å². The summed E-state index contributed by atoms with van der Waals surface area (Å²) in [6.07, 6.45) is 4.22. The number of aromatic nitrogens is 5. The molecule has 2 unspecified atom stereocenters. The predicted molar refractivity (Wildman–Crippen MR) is 109 cm³/mol. The van der Waals surface area contributed by atoms with Crippen LogP contribution in [0.4, 0.5) is 0 Å². The van der Waals surface area contributed by atoms with E-state index in [1.807, 2.05) is 55.5 Å². The van der Waals surface area contributed by atoms with Crippen molar-refractivity contribution >= 4 is 0 Å². The Bertz CT molecular complexity index is 1120. The van der Waals surface area contributed by atoms with Crippen LogP contribution in [0.5, 0.6) is 5.75 Å². The molecular formula is C22H21N5O4. The van der Waals surface area contributed by atoms with Crippen LogP contribution in [0.15, 0.2) is 72.0 Å². The van der Waals surface area contributed by atoms with Crippen molar-refractivity contribution in [3.63, 3.8) is 0 Å². The molecular weight excluding hydrogens is 398 g/mol. The summed E-state index contributed by atoms with van der Waals surface area (Å²) >= 11 is 0. The first-order valence-electron chi connectivity index (χ1n) is 9.91. The monoisotopic (exact) mass is 419 g/mol. The van der Waals surface area contributed by atoms with Gasteiger partial charge in [-0.3, -0.25) is 0 Å². The lowest BCUT2D eigenvalue weighted by atomic mass is 10.00. The molecule has 1 aliphatic rings. The van der Waals surface area contributed by atoms with Gasteiger partial charge >= 0.3 is 0 Å². The maximum atomic E-state index is 6.42. The molecule has 9 heteroatoms. The third-order valence-corrected chi connectivity index (χ3v) is 5.15. The zero-order valence-corrected chi connectivity index (χ0v) is 16.9. The van der Waals surface area contributed by atoms with Gasteiger partial charge in [0.15, 0.2) is 0 Å². The number of rotatable bonds is 7. The average molecular weight is 419 g/mol. The third-order valence-electron chi connectivity index (χ3n) is 5.15. The highest BCUT2D eigenvalue weighted by atomic mass is 16.8. The van der Waals surface area contributed by atoms with Crippen LogP contribution >= 0.6 is 0 Å². The van der Waals surface area contributed by atoms with E-state index >= 15 is 0 Å². The van der Waals surface area contributed by atoms with Crippen LogP contribution in [-0.4, -0.2) is 44.3 Å². The molecule has 1 aliphatic heterocycles. The standard InChI is InChI=1S/C22H21N5O4/c1-16-4-2-3-5-20(16)22(12-27-14-23-13-25-27)30-11-19(31-22)10-28-18-8-6-17(7-9-18)21-26-24-15-29-21/h2-9,13-15,19H,10-12H2,1H3. The van der Waals surface area contributed by atoms with Gasteiger partial charge in [0.25, 0.3) is 0 Å². The van der Waals surface area contributed by atoms with E-state index in [2.05, 4.69) is 20.3 Å². The number of benzene rings is 2. The highest BCUT2D eigenvalue weighted by Crippen LogP contribution is 2.37. The lowest BCUT2D eigenvalue weighted by Gasteiger charge is -2.29. The van der Waals surface area contributed by atoms with E-state index < -0.39 is 5.79 Å². The summed E-state index contributed by atoms with van der Waals surface area (Å²) < 4.78 is 25.5. The van der Waals surface area contributed by atoms with Gasteiger partial charge in [0.2, 0.25) is 18.1 Å². The van der Waals surface area contributed by atoms with E-state index in [-0.39, 0.29) is 6.10 Å². The minimum Gasteiger partial charge on any atom is -0.491 e. The Hall–Kier alpha value is -3.56. The molecule has 9 nitrogen and oxygen atoms in total. The summed E-state index contributed by atoms with van der Waals surface area (Å²) in [6.45, 7) is 3.20. The summed E-state index contributed by atoms with van der Waals surface area (Å²) in [5, 5.41) is 11.8. The molecule has 3 heterocycles. The largest absolute Gasteiger partial charge is 0.491 e. The molecule has 0 aliphatic carbocycles. The van der Waals surface area contributed by atoms with Crippen molar-refractivity contribution in [2.45, 2.75) is 25.4 Å². The molecule has 2 aromatic carbocycles. The zero-order valence-electron chi connectivity index (χ0n) is 16.9. The van der Waals surface area contributed by atoms with Crippen molar-refractivity contribution in [1.29, 1.82) is 0 Å². The molecule has 0 spiro atoms.